The van der Waals surface area contributed by atoms with Crippen LogP contribution in [0, 0.1) is 0 Å². The third-order valence-electron chi connectivity index (χ3n) is 8.47. The first-order valence-electron chi connectivity index (χ1n) is 14.3. The molecule has 9 heteroatoms. The quantitative estimate of drug-likeness (QED) is 0.359. The van der Waals surface area contributed by atoms with Crippen LogP contribution in [0.15, 0.2) is 42.7 Å². The van der Waals surface area contributed by atoms with Crippen LogP contribution < -0.4 is 10.2 Å². The number of rotatable bonds is 6. The molecule has 1 N–H and O–H groups in total. The molecule has 2 aromatic carbocycles. The number of aromatic nitrogens is 3. The van der Waals surface area contributed by atoms with Crippen molar-refractivity contribution in [2.24, 2.45) is 7.05 Å². The highest BCUT2D eigenvalue weighted by molar-refractivity contribution is 6.10. The highest BCUT2D eigenvalue weighted by Gasteiger charge is 2.41. The zero-order valence-corrected chi connectivity index (χ0v) is 23.4. The minimum Gasteiger partial charge on any atom is -0.320 e. The van der Waals surface area contributed by atoms with Crippen molar-refractivity contribution in [3.05, 3.63) is 76.4 Å². The largest absolute Gasteiger partial charge is 0.416 e. The van der Waals surface area contributed by atoms with Crippen molar-refractivity contribution in [3.63, 3.8) is 0 Å². The number of amides is 1. The van der Waals surface area contributed by atoms with Gasteiger partial charge in [0, 0.05) is 36.8 Å². The average Bonchev–Trinajstić information content (AvgIpc) is 3.49. The number of carbonyl (C=O) groups is 1. The van der Waals surface area contributed by atoms with Gasteiger partial charge in [0.2, 0.25) is 0 Å². The lowest BCUT2D eigenvalue weighted by Crippen LogP contribution is -2.47. The number of aryl methyl sites for hydroxylation is 1. The van der Waals surface area contributed by atoms with Gasteiger partial charge in [0.05, 0.1) is 12.1 Å². The summed E-state index contributed by atoms with van der Waals surface area (Å²) >= 11 is 0. The second-order valence-electron chi connectivity index (χ2n) is 11.7. The SMILES string of the molecule is C1CCCCC1.Cn1cnnc1Cc1cccc(N2Cc3c(cc(CNC4(C)CCC4)cc3C(F)(F)F)C2=O)c1. The van der Waals surface area contributed by atoms with Crippen LogP contribution in [-0.4, -0.2) is 26.2 Å². The highest BCUT2D eigenvalue weighted by atomic mass is 19.4. The van der Waals surface area contributed by atoms with Gasteiger partial charge >= 0.3 is 6.18 Å². The normalized spacial score (nSPS) is 18.1. The van der Waals surface area contributed by atoms with E-state index in [9.17, 15) is 18.0 Å². The standard InChI is InChI=1S/C25H26F3N5O.C6H12/c1-24(7-4-8-24)29-13-17-10-19-20(21(11-17)25(26,27)28)14-33(23(19)34)18-6-3-5-16(9-18)12-22-31-30-15-32(22)2;1-2-4-6-5-3-1/h3,5-6,9-11,15,29H,4,7-8,12-14H2,1-2H3;1-6H2. The molecule has 2 saturated carbocycles. The van der Waals surface area contributed by atoms with Gasteiger partial charge in [-0.1, -0.05) is 50.7 Å². The van der Waals surface area contributed by atoms with Gasteiger partial charge in [-0.15, -0.1) is 10.2 Å². The number of halogens is 3. The molecule has 2 aliphatic carbocycles. The van der Waals surface area contributed by atoms with E-state index in [4.69, 9.17) is 0 Å². The fourth-order valence-electron chi connectivity index (χ4n) is 5.78. The second kappa shape index (κ2) is 11.7. The zero-order valence-electron chi connectivity index (χ0n) is 23.4. The van der Waals surface area contributed by atoms with Crippen molar-refractivity contribution in [2.75, 3.05) is 4.90 Å². The van der Waals surface area contributed by atoms with Crippen molar-refractivity contribution < 1.29 is 18.0 Å². The Balaban J connectivity index is 0.000000477. The van der Waals surface area contributed by atoms with Crippen LogP contribution in [0.1, 0.15) is 103 Å². The van der Waals surface area contributed by atoms with E-state index in [1.807, 2.05) is 19.2 Å². The monoisotopic (exact) mass is 553 g/mol. The number of anilines is 1. The zero-order chi connectivity index (χ0) is 28.3. The molecule has 214 valence electrons. The van der Waals surface area contributed by atoms with E-state index in [0.29, 0.717) is 24.2 Å². The van der Waals surface area contributed by atoms with Crippen molar-refractivity contribution in [1.82, 2.24) is 20.1 Å². The topological polar surface area (TPSA) is 63.1 Å². The summed E-state index contributed by atoms with van der Waals surface area (Å²) in [7, 11) is 1.84. The molecule has 6 nitrogen and oxygen atoms in total. The molecule has 3 aromatic rings. The van der Waals surface area contributed by atoms with Crippen LogP contribution in [0.2, 0.25) is 0 Å². The molecule has 0 spiro atoms. The number of hydrogen-bond donors (Lipinski definition) is 1. The lowest BCUT2D eigenvalue weighted by atomic mass is 9.78. The Morgan fingerprint density at radius 3 is 2.25 bits per heavy atom. The predicted octanol–water partition coefficient (Wildman–Crippen LogP) is 6.96. The first-order chi connectivity index (χ1) is 19.1. The Morgan fingerprint density at radius 1 is 0.975 bits per heavy atom. The van der Waals surface area contributed by atoms with Gasteiger partial charge in [0.15, 0.2) is 0 Å². The average molecular weight is 554 g/mol. The molecule has 2 fully saturated rings. The summed E-state index contributed by atoms with van der Waals surface area (Å²) in [5.41, 5.74) is 1.33. The van der Waals surface area contributed by atoms with Crippen LogP contribution >= 0.6 is 0 Å². The minimum absolute atomic E-state index is 0.0369. The van der Waals surface area contributed by atoms with Gasteiger partial charge in [-0.05, 0) is 67.1 Å². The maximum atomic E-state index is 14.0. The maximum Gasteiger partial charge on any atom is 0.416 e. The van der Waals surface area contributed by atoms with Crippen molar-refractivity contribution >= 4 is 11.6 Å². The molecular formula is C31H38F3N5O. The fourth-order valence-corrected chi connectivity index (χ4v) is 5.78. The molecule has 2 heterocycles. The molecular weight excluding hydrogens is 515 g/mol. The van der Waals surface area contributed by atoms with Gasteiger partial charge in [0.1, 0.15) is 12.2 Å². The first kappa shape index (κ1) is 28.3. The highest BCUT2D eigenvalue weighted by Crippen LogP contribution is 2.40. The van der Waals surface area contributed by atoms with Gasteiger partial charge in [-0.2, -0.15) is 13.2 Å². The van der Waals surface area contributed by atoms with E-state index in [1.54, 1.807) is 29.1 Å². The molecule has 0 bridgehead atoms. The molecule has 40 heavy (non-hydrogen) atoms. The Bertz CT molecular complexity index is 1330. The van der Waals surface area contributed by atoms with Crippen LogP contribution in [-0.2, 0) is 32.7 Å². The van der Waals surface area contributed by atoms with Crippen LogP contribution in [0.5, 0.6) is 0 Å². The summed E-state index contributed by atoms with van der Waals surface area (Å²) in [4.78, 5) is 14.7. The summed E-state index contributed by atoms with van der Waals surface area (Å²) < 4.78 is 43.7. The Hall–Kier alpha value is -3.20. The molecule has 1 amide bonds. The Morgan fingerprint density at radius 2 is 1.68 bits per heavy atom. The van der Waals surface area contributed by atoms with E-state index in [1.165, 1.54) is 49.5 Å². The maximum absolute atomic E-state index is 14.0. The Kier molecular flexibility index (Phi) is 8.31. The van der Waals surface area contributed by atoms with E-state index in [2.05, 4.69) is 22.4 Å². The summed E-state index contributed by atoms with van der Waals surface area (Å²) in [6.07, 6.45) is 9.69. The minimum atomic E-state index is -4.54. The van der Waals surface area contributed by atoms with Crippen LogP contribution in [0.25, 0.3) is 0 Å². The number of benzene rings is 2. The molecule has 0 unspecified atom stereocenters. The van der Waals surface area contributed by atoms with Crippen molar-refractivity contribution in [2.45, 2.75) is 95.9 Å². The molecule has 3 aliphatic rings. The fraction of sp³-hybridized carbons (Fsp3) is 0.516. The number of nitrogens with one attached hydrogen (secondary N) is 1. The third kappa shape index (κ3) is 6.40. The molecule has 1 aromatic heterocycles. The van der Waals surface area contributed by atoms with E-state index < -0.39 is 17.6 Å². The molecule has 6 rings (SSSR count). The third-order valence-corrected chi connectivity index (χ3v) is 8.47. The predicted molar refractivity (Wildman–Crippen MR) is 149 cm³/mol. The summed E-state index contributed by atoms with van der Waals surface area (Å²) in [6, 6.07) is 10.1. The number of nitrogens with zero attached hydrogens (tertiary/aromatic N) is 4. The van der Waals surface area contributed by atoms with E-state index >= 15 is 0 Å². The summed E-state index contributed by atoms with van der Waals surface area (Å²) in [5, 5.41) is 11.3. The summed E-state index contributed by atoms with van der Waals surface area (Å²) in [6.45, 7) is 2.27. The smallest absolute Gasteiger partial charge is 0.320 e. The molecule has 0 atom stereocenters. The van der Waals surface area contributed by atoms with E-state index in [-0.39, 0.29) is 23.2 Å². The van der Waals surface area contributed by atoms with Gasteiger partial charge in [-0.25, -0.2) is 0 Å². The number of carbonyl (C=O) groups excluding carboxylic acids is 1. The number of hydrogen-bond acceptors (Lipinski definition) is 4. The Labute approximate surface area is 234 Å². The first-order valence-corrected chi connectivity index (χ1v) is 14.3. The van der Waals surface area contributed by atoms with Crippen LogP contribution in [0.3, 0.4) is 0 Å². The lowest BCUT2D eigenvalue weighted by Gasteiger charge is -2.39. The van der Waals surface area contributed by atoms with Gasteiger partial charge in [0.25, 0.3) is 5.91 Å². The molecule has 1 aliphatic heterocycles. The van der Waals surface area contributed by atoms with E-state index in [0.717, 1.165) is 30.7 Å². The number of fused-ring (bicyclic) bond motifs is 1. The van der Waals surface area contributed by atoms with Crippen LogP contribution in [0.4, 0.5) is 18.9 Å². The number of alkyl halides is 3. The van der Waals surface area contributed by atoms with Crippen molar-refractivity contribution in [3.8, 4) is 0 Å². The van der Waals surface area contributed by atoms with Crippen molar-refractivity contribution in [1.29, 1.82) is 0 Å². The molecule has 0 radical (unpaired) electrons. The van der Waals surface area contributed by atoms with Gasteiger partial charge < -0.3 is 14.8 Å². The second-order valence-corrected chi connectivity index (χ2v) is 11.7. The lowest BCUT2D eigenvalue weighted by molar-refractivity contribution is -0.138. The van der Waals surface area contributed by atoms with Gasteiger partial charge in [-0.3, -0.25) is 4.79 Å². The summed E-state index contributed by atoms with van der Waals surface area (Å²) in [5.74, 6) is 0.345. The molecule has 0 saturated heterocycles.